The Bertz CT molecular complexity index is 1230. The maximum atomic E-state index is 12.8. The van der Waals surface area contributed by atoms with Crippen molar-refractivity contribution in [3.05, 3.63) is 89.0 Å². The lowest BCUT2D eigenvalue weighted by Crippen LogP contribution is -2.28. The van der Waals surface area contributed by atoms with Crippen LogP contribution >= 0.6 is 0 Å². The van der Waals surface area contributed by atoms with E-state index in [2.05, 4.69) is 10.6 Å². The Hall–Kier alpha value is -3.93. The number of nitrogens with one attached hydrogen (secondary N) is 2. The second kappa shape index (κ2) is 9.28. The summed E-state index contributed by atoms with van der Waals surface area (Å²) in [7, 11) is 0. The molecule has 0 bridgehead atoms. The van der Waals surface area contributed by atoms with Gasteiger partial charge in [0, 0.05) is 35.6 Å². The van der Waals surface area contributed by atoms with Crippen molar-refractivity contribution in [2.45, 2.75) is 27.2 Å². The second-order valence-electron chi connectivity index (χ2n) is 8.59. The van der Waals surface area contributed by atoms with Gasteiger partial charge in [-0.15, -0.1) is 0 Å². The Balaban J connectivity index is 1.45. The second-order valence-corrected chi connectivity index (χ2v) is 8.59. The van der Waals surface area contributed by atoms with E-state index >= 15 is 0 Å². The Labute approximate surface area is 193 Å². The van der Waals surface area contributed by atoms with Gasteiger partial charge in [-0.25, -0.2) is 0 Å². The molecule has 4 rings (SSSR count). The summed E-state index contributed by atoms with van der Waals surface area (Å²) >= 11 is 0. The molecule has 3 aromatic rings. The quantitative estimate of drug-likeness (QED) is 0.594. The van der Waals surface area contributed by atoms with Gasteiger partial charge in [-0.05, 0) is 68.3 Å². The van der Waals surface area contributed by atoms with E-state index in [0.29, 0.717) is 16.9 Å². The molecule has 2 N–H and O–H groups in total. The third-order valence-electron chi connectivity index (χ3n) is 5.83. The van der Waals surface area contributed by atoms with E-state index in [4.69, 9.17) is 0 Å². The number of benzene rings is 3. The van der Waals surface area contributed by atoms with Crippen LogP contribution in [-0.2, 0) is 9.59 Å². The van der Waals surface area contributed by atoms with Crippen molar-refractivity contribution in [2.75, 3.05) is 22.1 Å². The van der Waals surface area contributed by atoms with Gasteiger partial charge < -0.3 is 15.5 Å². The van der Waals surface area contributed by atoms with E-state index in [1.165, 1.54) is 0 Å². The summed E-state index contributed by atoms with van der Waals surface area (Å²) in [5.41, 5.74) is 5.69. The zero-order valence-corrected chi connectivity index (χ0v) is 19.0. The van der Waals surface area contributed by atoms with Crippen LogP contribution in [0.15, 0.2) is 66.7 Å². The molecule has 0 aliphatic carbocycles. The van der Waals surface area contributed by atoms with Crippen molar-refractivity contribution in [3.63, 3.8) is 0 Å². The van der Waals surface area contributed by atoms with E-state index in [1.54, 1.807) is 29.2 Å². The number of carbonyl (C=O) groups excluding carboxylic acids is 3. The SMILES string of the molecule is Cc1cccc(NC(=O)c2cccc(N3C[C@H](C(=O)Nc4ccc(C)cc4C)CC3=O)c2)c1. The van der Waals surface area contributed by atoms with E-state index in [0.717, 1.165) is 22.4 Å². The molecule has 6 heteroatoms. The molecule has 1 fully saturated rings. The number of nitrogens with zero attached hydrogens (tertiary/aromatic N) is 1. The highest BCUT2D eigenvalue weighted by Crippen LogP contribution is 2.28. The van der Waals surface area contributed by atoms with E-state index in [-0.39, 0.29) is 30.7 Å². The normalized spacial score (nSPS) is 15.4. The van der Waals surface area contributed by atoms with Crippen molar-refractivity contribution in [2.24, 2.45) is 5.92 Å². The predicted molar refractivity (Wildman–Crippen MR) is 131 cm³/mol. The number of aryl methyl sites for hydroxylation is 3. The van der Waals surface area contributed by atoms with Crippen LogP contribution in [0.5, 0.6) is 0 Å². The molecule has 6 nitrogen and oxygen atoms in total. The summed E-state index contributed by atoms with van der Waals surface area (Å²) < 4.78 is 0. The molecule has 1 saturated heterocycles. The lowest BCUT2D eigenvalue weighted by atomic mass is 10.1. The molecule has 0 unspecified atom stereocenters. The minimum atomic E-state index is -0.456. The Kier molecular flexibility index (Phi) is 6.27. The molecule has 1 atom stereocenters. The highest BCUT2D eigenvalue weighted by molar-refractivity contribution is 6.07. The van der Waals surface area contributed by atoms with Crippen LogP contribution in [0, 0.1) is 26.7 Å². The van der Waals surface area contributed by atoms with Crippen molar-refractivity contribution in [1.29, 1.82) is 0 Å². The fraction of sp³-hybridized carbons (Fsp3) is 0.222. The summed E-state index contributed by atoms with van der Waals surface area (Å²) in [6, 6.07) is 20.3. The minimum absolute atomic E-state index is 0.132. The summed E-state index contributed by atoms with van der Waals surface area (Å²) in [6.45, 7) is 6.18. The molecule has 1 heterocycles. The Morgan fingerprint density at radius 1 is 0.879 bits per heavy atom. The number of amides is 3. The number of rotatable bonds is 5. The smallest absolute Gasteiger partial charge is 0.255 e. The Morgan fingerprint density at radius 2 is 1.64 bits per heavy atom. The molecule has 0 saturated carbocycles. The fourth-order valence-electron chi connectivity index (χ4n) is 4.06. The summed E-state index contributed by atoms with van der Waals surface area (Å²) in [5.74, 6) is -1.01. The molecule has 0 spiro atoms. The average molecular weight is 442 g/mol. The van der Waals surface area contributed by atoms with Crippen LogP contribution in [0.3, 0.4) is 0 Å². The third kappa shape index (κ3) is 5.12. The first kappa shape index (κ1) is 22.3. The largest absolute Gasteiger partial charge is 0.326 e. The molecule has 3 aromatic carbocycles. The number of anilines is 3. The first-order valence-corrected chi connectivity index (χ1v) is 11.0. The summed E-state index contributed by atoms with van der Waals surface area (Å²) in [5, 5.41) is 5.84. The van der Waals surface area contributed by atoms with Crippen molar-refractivity contribution < 1.29 is 14.4 Å². The van der Waals surface area contributed by atoms with E-state index < -0.39 is 5.92 Å². The highest BCUT2D eigenvalue weighted by Gasteiger charge is 2.35. The van der Waals surface area contributed by atoms with Crippen molar-refractivity contribution >= 4 is 34.8 Å². The van der Waals surface area contributed by atoms with Gasteiger partial charge in [0.1, 0.15) is 0 Å². The van der Waals surface area contributed by atoms with Crippen molar-refractivity contribution in [1.82, 2.24) is 0 Å². The van der Waals surface area contributed by atoms with Crippen LogP contribution in [-0.4, -0.2) is 24.3 Å². The van der Waals surface area contributed by atoms with Crippen LogP contribution in [0.2, 0.25) is 0 Å². The molecule has 0 aromatic heterocycles. The van der Waals surface area contributed by atoms with Gasteiger partial charge >= 0.3 is 0 Å². The van der Waals surface area contributed by atoms with E-state index in [9.17, 15) is 14.4 Å². The average Bonchev–Trinajstić information content (AvgIpc) is 3.17. The molecule has 1 aliphatic rings. The standard InChI is InChI=1S/C27H27N3O3/c1-17-6-4-8-22(13-17)28-26(32)20-7-5-9-23(14-20)30-16-21(15-25(30)31)27(33)29-24-11-10-18(2)12-19(24)3/h4-14,21H,15-16H2,1-3H3,(H,28,32)(H,29,33)/t21-/m1/s1. The van der Waals surface area contributed by atoms with Crippen molar-refractivity contribution in [3.8, 4) is 0 Å². The Morgan fingerprint density at radius 3 is 2.39 bits per heavy atom. The van der Waals surface area contributed by atoms with Gasteiger partial charge in [-0.3, -0.25) is 14.4 Å². The topological polar surface area (TPSA) is 78.5 Å². The van der Waals surface area contributed by atoms with Crippen LogP contribution in [0.25, 0.3) is 0 Å². The van der Waals surface area contributed by atoms with Crippen LogP contribution < -0.4 is 15.5 Å². The molecule has 3 amide bonds. The fourth-order valence-corrected chi connectivity index (χ4v) is 4.06. The van der Waals surface area contributed by atoms with Gasteiger partial charge in [0.25, 0.3) is 5.91 Å². The van der Waals surface area contributed by atoms with Gasteiger partial charge in [0.05, 0.1) is 5.92 Å². The first-order chi connectivity index (χ1) is 15.8. The van der Waals surface area contributed by atoms with Gasteiger partial charge in [0.2, 0.25) is 11.8 Å². The molecule has 1 aliphatic heterocycles. The maximum absolute atomic E-state index is 12.8. The molecular weight excluding hydrogens is 414 g/mol. The van der Waals surface area contributed by atoms with Gasteiger partial charge in [-0.2, -0.15) is 0 Å². The predicted octanol–water partition coefficient (Wildman–Crippen LogP) is 4.86. The number of hydrogen-bond acceptors (Lipinski definition) is 3. The van der Waals surface area contributed by atoms with Gasteiger partial charge in [-0.1, -0.05) is 35.9 Å². The lowest BCUT2D eigenvalue weighted by Gasteiger charge is -2.18. The first-order valence-electron chi connectivity index (χ1n) is 11.0. The molecule has 0 radical (unpaired) electrons. The minimum Gasteiger partial charge on any atom is -0.326 e. The maximum Gasteiger partial charge on any atom is 0.255 e. The summed E-state index contributed by atoms with van der Waals surface area (Å²) in [4.78, 5) is 39.8. The van der Waals surface area contributed by atoms with E-state index in [1.807, 2.05) is 63.2 Å². The van der Waals surface area contributed by atoms with Crippen LogP contribution in [0.1, 0.15) is 33.5 Å². The lowest BCUT2D eigenvalue weighted by molar-refractivity contribution is -0.122. The molecule has 33 heavy (non-hydrogen) atoms. The molecular formula is C27H27N3O3. The number of hydrogen-bond donors (Lipinski definition) is 2. The summed E-state index contributed by atoms with van der Waals surface area (Å²) in [6.07, 6.45) is 0.135. The van der Waals surface area contributed by atoms with Gasteiger partial charge in [0.15, 0.2) is 0 Å². The van der Waals surface area contributed by atoms with Crippen LogP contribution in [0.4, 0.5) is 17.1 Å². The number of carbonyl (C=O) groups is 3. The molecule has 168 valence electrons. The zero-order chi connectivity index (χ0) is 23.5. The zero-order valence-electron chi connectivity index (χ0n) is 19.0. The third-order valence-corrected chi connectivity index (χ3v) is 5.83. The highest BCUT2D eigenvalue weighted by atomic mass is 16.2. The monoisotopic (exact) mass is 441 g/mol.